The maximum Gasteiger partial charge on any atom is 0.328 e. The molecule has 110 valence electrons. The first-order chi connectivity index (χ1) is 10.0. The zero-order valence-corrected chi connectivity index (χ0v) is 11.8. The Kier molecular flexibility index (Phi) is 4.39. The van der Waals surface area contributed by atoms with Crippen molar-refractivity contribution in [2.45, 2.75) is 13.5 Å². The number of aliphatic hydroxyl groups is 1. The molecule has 6 nitrogen and oxygen atoms in total. The summed E-state index contributed by atoms with van der Waals surface area (Å²) < 4.78 is 7.32. The van der Waals surface area contributed by atoms with Gasteiger partial charge in [-0.2, -0.15) is 5.10 Å². The van der Waals surface area contributed by atoms with Gasteiger partial charge in [0.15, 0.2) is 0 Å². The van der Waals surface area contributed by atoms with Gasteiger partial charge in [0.1, 0.15) is 5.75 Å². The normalized spacial score (nSPS) is 11.0. The fourth-order valence-corrected chi connectivity index (χ4v) is 1.90. The summed E-state index contributed by atoms with van der Waals surface area (Å²) >= 11 is 0. The van der Waals surface area contributed by atoms with Crippen LogP contribution in [0.15, 0.2) is 30.3 Å². The third-order valence-electron chi connectivity index (χ3n) is 2.93. The van der Waals surface area contributed by atoms with Crippen LogP contribution in [0.2, 0.25) is 0 Å². The van der Waals surface area contributed by atoms with E-state index in [0.717, 1.165) is 11.6 Å². The third kappa shape index (κ3) is 3.49. The molecule has 0 unspecified atom stereocenters. The van der Waals surface area contributed by atoms with Crippen molar-refractivity contribution < 1.29 is 19.7 Å². The van der Waals surface area contributed by atoms with Gasteiger partial charge < -0.3 is 14.9 Å². The number of benzene rings is 1. The van der Waals surface area contributed by atoms with E-state index in [2.05, 4.69) is 5.10 Å². The summed E-state index contributed by atoms with van der Waals surface area (Å²) in [5.41, 5.74) is 2.08. The van der Waals surface area contributed by atoms with Crippen LogP contribution in [-0.4, -0.2) is 26.0 Å². The maximum atomic E-state index is 10.7. The molecule has 2 aromatic rings. The van der Waals surface area contributed by atoms with E-state index in [-0.39, 0.29) is 6.61 Å². The van der Waals surface area contributed by atoms with Gasteiger partial charge in [-0.25, -0.2) is 9.48 Å². The Hall–Kier alpha value is -2.60. The summed E-state index contributed by atoms with van der Waals surface area (Å²) in [4.78, 5) is 10.7. The smallest absolute Gasteiger partial charge is 0.328 e. The van der Waals surface area contributed by atoms with Gasteiger partial charge in [-0.15, -0.1) is 0 Å². The summed E-state index contributed by atoms with van der Waals surface area (Å²) in [5, 5.41) is 22.0. The van der Waals surface area contributed by atoms with Crippen LogP contribution in [0.1, 0.15) is 16.8 Å². The molecule has 6 heteroatoms. The predicted octanol–water partition coefficient (Wildman–Crippen LogP) is 2.11. The number of ether oxygens (including phenoxy) is 1. The molecule has 0 radical (unpaired) electrons. The zero-order valence-electron chi connectivity index (χ0n) is 11.8. The highest BCUT2D eigenvalue weighted by Gasteiger charge is 2.13. The molecule has 0 aliphatic rings. The molecule has 2 N–H and O–H groups in total. The quantitative estimate of drug-likeness (QED) is 0.823. The van der Waals surface area contributed by atoms with Crippen LogP contribution in [0.5, 0.6) is 11.6 Å². The Labute approximate surface area is 121 Å². The monoisotopic (exact) mass is 288 g/mol. The topological polar surface area (TPSA) is 84.6 Å². The molecule has 0 atom stereocenters. The lowest BCUT2D eigenvalue weighted by Crippen LogP contribution is -1.96. The number of aromatic nitrogens is 2. The van der Waals surface area contributed by atoms with Gasteiger partial charge in [-0.05, 0) is 30.7 Å². The lowest BCUT2D eigenvalue weighted by Gasteiger charge is -2.07. The van der Waals surface area contributed by atoms with Gasteiger partial charge in [0.25, 0.3) is 0 Å². The highest BCUT2D eigenvalue weighted by Crippen LogP contribution is 2.28. The number of aryl methyl sites for hydroxylation is 2. The van der Waals surface area contributed by atoms with Gasteiger partial charge in [0.2, 0.25) is 5.88 Å². The number of aliphatic hydroxyl groups excluding tert-OH is 1. The van der Waals surface area contributed by atoms with E-state index < -0.39 is 5.97 Å². The standard InChI is InChI=1S/C15H16N2O4/c1-10-13(7-8-14(19)20)15(17(2)16-10)21-12-5-3-11(9-18)4-6-12/h3-8,18H,9H2,1-2H3,(H,19,20). The molecule has 0 fully saturated rings. The van der Waals surface area contributed by atoms with E-state index >= 15 is 0 Å². The van der Waals surface area contributed by atoms with E-state index in [1.54, 1.807) is 42.9 Å². The van der Waals surface area contributed by atoms with Crippen LogP contribution < -0.4 is 4.74 Å². The average molecular weight is 288 g/mol. The van der Waals surface area contributed by atoms with Crippen molar-refractivity contribution in [3.8, 4) is 11.6 Å². The molecule has 0 aliphatic carbocycles. The van der Waals surface area contributed by atoms with Crippen molar-refractivity contribution in [3.05, 3.63) is 47.2 Å². The Morgan fingerprint density at radius 2 is 2.05 bits per heavy atom. The van der Waals surface area contributed by atoms with Gasteiger partial charge in [0, 0.05) is 13.1 Å². The Bertz CT molecular complexity index is 672. The minimum Gasteiger partial charge on any atom is -0.478 e. The molecule has 1 aromatic carbocycles. The minimum absolute atomic E-state index is 0.0301. The van der Waals surface area contributed by atoms with Crippen LogP contribution >= 0.6 is 0 Å². The van der Waals surface area contributed by atoms with E-state index in [4.69, 9.17) is 14.9 Å². The number of hydrogen-bond acceptors (Lipinski definition) is 4. The average Bonchev–Trinajstić information content (AvgIpc) is 2.72. The molecular formula is C15H16N2O4. The largest absolute Gasteiger partial charge is 0.478 e. The van der Waals surface area contributed by atoms with Gasteiger partial charge in [-0.3, -0.25) is 0 Å². The molecule has 0 amide bonds. The molecule has 0 bridgehead atoms. The second-order valence-corrected chi connectivity index (χ2v) is 4.50. The van der Waals surface area contributed by atoms with E-state index in [1.807, 2.05) is 0 Å². The summed E-state index contributed by atoms with van der Waals surface area (Å²) in [6.07, 6.45) is 2.51. The zero-order chi connectivity index (χ0) is 15.4. The number of hydrogen-bond donors (Lipinski definition) is 2. The molecule has 2 rings (SSSR count). The summed E-state index contributed by atoms with van der Waals surface area (Å²) in [5.74, 6) is 0.0124. The Morgan fingerprint density at radius 3 is 2.62 bits per heavy atom. The fraction of sp³-hybridized carbons (Fsp3) is 0.200. The van der Waals surface area contributed by atoms with Crippen LogP contribution in [0.25, 0.3) is 6.08 Å². The van der Waals surface area contributed by atoms with Crippen LogP contribution in [0, 0.1) is 6.92 Å². The molecule has 0 aliphatic heterocycles. The molecule has 1 heterocycles. The molecule has 0 saturated heterocycles. The fourth-order valence-electron chi connectivity index (χ4n) is 1.90. The molecule has 1 aromatic heterocycles. The Morgan fingerprint density at radius 1 is 1.38 bits per heavy atom. The molecule has 0 spiro atoms. The van der Waals surface area contributed by atoms with Crippen molar-refractivity contribution in [2.75, 3.05) is 0 Å². The first kappa shape index (κ1) is 14.8. The SMILES string of the molecule is Cc1nn(C)c(Oc2ccc(CO)cc2)c1C=CC(=O)O. The van der Waals surface area contributed by atoms with Gasteiger partial charge in [0.05, 0.1) is 17.9 Å². The predicted molar refractivity (Wildman–Crippen MR) is 77.1 cm³/mol. The van der Waals surface area contributed by atoms with Crippen molar-refractivity contribution in [2.24, 2.45) is 7.05 Å². The van der Waals surface area contributed by atoms with Crippen LogP contribution in [-0.2, 0) is 18.4 Å². The van der Waals surface area contributed by atoms with Crippen molar-refractivity contribution in [1.82, 2.24) is 9.78 Å². The van der Waals surface area contributed by atoms with E-state index in [1.165, 1.54) is 6.08 Å². The third-order valence-corrected chi connectivity index (χ3v) is 2.93. The summed E-state index contributed by atoms with van der Waals surface area (Å²) in [6, 6.07) is 6.98. The van der Waals surface area contributed by atoms with Crippen molar-refractivity contribution in [1.29, 1.82) is 0 Å². The molecule has 21 heavy (non-hydrogen) atoms. The lowest BCUT2D eigenvalue weighted by atomic mass is 10.2. The van der Waals surface area contributed by atoms with Crippen LogP contribution in [0.3, 0.4) is 0 Å². The maximum absolute atomic E-state index is 10.7. The lowest BCUT2D eigenvalue weighted by molar-refractivity contribution is -0.131. The van der Waals surface area contributed by atoms with Crippen molar-refractivity contribution in [3.63, 3.8) is 0 Å². The van der Waals surface area contributed by atoms with Gasteiger partial charge in [-0.1, -0.05) is 12.1 Å². The number of carboxylic acid groups (broad SMARTS) is 1. The summed E-state index contributed by atoms with van der Waals surface area (Å²) in [6.45, 7) is 1.75. The Balaban J connectivity index is 2.32. The molecule has 0 saturated carbocycles. The highest BCUT2D eigenvalue weighted by molar-refractivity contribution is 5.86. The first-order valence-electron chi connectivity index (χ1n) is 6.33. The first-order valence-corrected chi connectivity index (χ1v) is 6.33. The number of carbonyl (C=O) groups is 1. The number of rotatable bonds is 5. The highest BCUT2D eigenvalue weighted by atomic mass is 16.5. The van der Waals surface area contributed by atoms with Crippen LogP contribution in [0.4, 0.5) is 0 Å². The second kappa shape index (κ2) is 6.23. The number of carboxylic acids is 1. The van der Waals surface area contributed by atoms with Gasteiger partial charge >= 0.3 is 5.97 Å². The summed E-state index contributed by atoms with van der Waals surface area (Å²) in [7, 11) is 1.72. The molecular weight excluding hydrogens is 272 g/mol. The number of aliphatic carboxylic acids is 1. The number of nitrogens with zero attached hydrogens (tertiary/aromatic N) is 2. The minimum atomic E-state index is -1.03. The van der Waals surface area contributed by atoms with E-state index in [0.29, 0.717) is 22.9 Å². The van der Waals surface area contributed by atoms with Crippen molar-refractivity contribution >= 4 is 12.0 Å². The van der Waals surface area contributed by atoms with E-state index in [9.17, 15) is 4.79 Å². The second-order valence-electron chi connectivity index (χ2n) is 4.50.